The lowest BCUT2D eigenvalue weighted by Crippen LogP contribution is -2.38. The van der Waals surface area contributed by atoms with E-state index in [1.165, 1.54) is 25.7 Å². The summed E-state index contributed by atoms with van der Waals surface area (Å²) in [7, 11) is 0. The molecule has 0 heterocycles. The lowest BCUT2D eigenvalue weighted by atomic mass is 9.75. The van der Waals surface area contributed by atoms with Gasteiger partial charge in [-0.1, -0.05) is 13.8 Å². The predicted molar refractivity (Wildman–Crippen MR) is 71.9 cm³/mol. The summed E-state index contributed by atoms with van der Waals surface area (Å²) in [4.78, 5) is 11.4. The van der Waals surface area contributed by atoms with Crippen LogP contribution in [0.4, 0.5) is 0 Å². The molecule has 0 unspecified atom stereocenters. The fourth-order valence-corrected chi connectivity index (χ4v) is 2.39. The lowest BCUT2D eigenvalue weighted by molar-refractivity contribution is -0.121. The van der Waals surface area contributed by atoms with Gasteiger partial charge in [0.05, 0.1) is 0 Å². The number of rotatable bonds is 5. The smallest absolute Gasteiger partial charge is 0.221 e. The molecule has 3 nitrogen and oxygen atoms in total. The van der Waals surface area contributed by atoms with Gasteiger partial charge in [-0.05, 0) is 44.9 Å². The molecule has 0 spiro atoms. The Bertz CT molecular complexity index is 239. The molecule has 1 fully saturated rings. The molecular weight excluding hydrogens is 212 g/mol. The zero-order valence-electron chi connectivity index (χ0n) is 11.8. The van der Waals surface area contributed by atoms with Crippen LogP contribution in [0.25, 0.3) is 0 Å². The molecule has 0 bridgehead atoms. The number of nitrogens with one attached hydrogen (secondary N) is 2. The molecule has 0 radical (unpaired) electrons. The molecule has 17 heavy (non-hydrogen) atoms. The van der Waals surface area contributed by atoms with Crippen molar-refractivity contribution >= 4 is 5.91 Å². The van der Waals surface area contributed by atoms with Gasteiger partial charge in [-0.2, -0.15) is 0 Å². The maximum Gasteiger partial charge on any atom is 0.221 e. The molecule has 2 N–H and O–H groups in total. The number of hydrogen-bond acceptors (Lipinski definition) is 2. The van der Waals surface area contributed by atoms with Crippen molar-refractivity contribution in [2.24, 2.45) is 5.41 Å². The molecule has 1 rings (SSSR count). The van der Waals surface area contributed by atoms with Crippen LogP contribution in [0.3, 0.4) is 0 Å². The van der Waals surface area contributed by atoms with Crippen LogP contribution in [-0.2, 0) is 4.79 Å². The molecule has 100 valence electrons. The molecule has 1 aliphatic carbocycles. The van der Waals surface area contributed by atoms with Crippen molar-refractivity contribution in [3.63, 3.8) is 0 Å². The summed E-state index contributed by atoms with van der Waals surface area (Å²) in [5, 5.41) is 6.42. The Hall–Kier alpha value is -0.570. The first-order valence-corrected chi connectivity index (χ1v) is 6.92. The Morgan fingerprint density at radius 3 is 2.41 bits per heavy atom. The van der Waals surface area contributed by atoms with E-state index in [-0.39, 0.29) is 11.9 Å². The van der Waals surface area contributed by atoms with Crippen molar-refractivity contribution in [3.8, 4) is 0 Å². The van der Waals surface area contributed by atoms with E-state index in [0.717, 1.165) is 6.54 Å². The molecule has 0 aromatic carbocycles. The van der Waals surface area contributed by atoms with Crippen LogP contribution in [0.5, 0.6) is 0 Å². The molecule has 1 aliphatic rings. The minimum atomic E-state index is 0.156. The fourth-order valence-electron chi connectivity index (χ4n) is 2.39. The van der Waals surface area contributed by atoms with Crippen LogP contribution >= 0.6 is 0 Å². The highest BCUT2D eigenvalue weighted by Crippen LogP contribution is 2.34. The Labute approximate surface area is 106 Å². The van der Waals surface area contributed by atoms with Crippen molar-refractivity contribution < 1.29 is 4.79 Å². The van der Waals surface area contributed by atoms with E-state index in [1.54, 1.807) is 0 Å². The maximum absolute atomic E-state index is 11.4. The van der Waals surface area contributed by atoms with Gasteiger partial charge in [-0.25, -0.2) is 0 Å². The zero-order chi connectivity index (χ0) is 12.9. The Morgan fingerprint density at radius 1 is 1.29 bits per heavy atom. The number of amides is 1. The van der Waals surface area contributed by atoms with Crippen molar-refractivity contribution in [2.75, 3.05) is 6.54 Å². The molecule has 0 aromatic rings. The van der Waals surface area contributed by atoms with Crippen molar-refractivity contribution in [2.45, 2.75) is 71.9 Å². The number of carbonyl (C=O) groups excluding carboxylic acids is 1. The number of hydrogen-bond donors (Lipinski definition) is 2. The maximum atomic E-state index is 11.4. The van der Waals surface area contributed by atoms with Crippen LogP contribution in [0.15, 0.2) is 0 Å². The summed E-state index contributed by atoms with van der Waals surface area (Å²) >= 11 is 0. The average molecular weight is 240 g/mol. The Kier molecular flexibility index (Phi) is 5.44. The summed E-state index contributed by atoms with van der Waals surface area (Å²) in [6.45, 7) is 9.49. The lowest BCUT2D eigenvalue weighted by Gasteiger charge is -2.34. The van der Waals surface area contributed by atoms with E-state index in [9.17, 15) is 4.79 Å². The fraction of sp³-hybridized carbons (Fsp3) is 0.929. The summed E-state index contributed by atoms with van der Waals surface area (Å²) in [6, 6.07) is 0.868. The van der Waals surface area contributed by atoms with Gasteiger partial charge in [0, 0.05) is 25.0 Å². The van der Waals surface area contributed by atoms with Gasteiger partial charge in [0.25, 0.3) is 0 Å². The largest absolute Gasteiger partial charge is 0.354 e. The van der Waals surface area contributed by atoms with Crippen molar-refractivity contribution in [1.82, 2.24) is 10.6 Å². The zero-order valence-corrected chi connectivity index (χ0v) is 11.8. The summed E-state index contributed by atoms with van der Waals surface area (Å²) in [6.07, 6.45) is 5.68. The van der Waals surface area contributed by atoms with E-state index in [1.807, 2.05) is 13.8 Å². The third-order valence-corrected chi connectivity index (χ3v) is 3.57. The highest BCUT2D eigenvalue weighted by atomic mass is 16.1. The summed E-state index contributed by atoms with van der Waals surface area (Å²) in [5.41, 5.74) is 0.521. The van der Waals surface area contributed by atoms with Gasteiger partial charge >= 0.3 is 0 Å². The first-order chi connectivity index (χ1) is 7.89. The second-order valence-corrected chi connectivity index (χ2v) is 6.36. The highest BCUT2D eigenvalue weighted by Gasteiger charge is 2.26. The van der Waals surface area contributed by atoms with E-state index < -0.39 is 0 Å². The summed E-state index contributed by atoms with van der Waals surface area (Å²) in [5.74, 6) is 0.156. The van der Waals surface area contributed by atoms with Gasteiger partial charge in [-0.3, -0.25) is 4.79 Å². The quantitative estimate of drug-likeness (QED) is 0.775. The standard InChI is InChI=1S/C14H28N2O/c1-11(2)16-13(17)7-10-15-12-5-8-14(3,4)9-6-12/h11-12,15H,5-10H2,1-4H3,(H,16,17). The van der Waals surface area contributed by atoms with Crippen LogP contribution in [-0.4, -0.2) is 24.5 Å². The van der Waals surface area contributed by atoms with Gasteiger partial charge in [0.2, 0.25) is 5.91 Å². The molecular formula is C14H28N2O. The van der Waals surface area contributed by atoms with Gasteiger partial charge in [-0.15, -0.1) is 0 Å². The van der Waals surface area contributed by atoms with Gasteiger partial charge < -0.3 is 10.6 Å². The molecule has 0 aromatic heterocycles. The van der Waals surface area contributed by atoms with Crippen LogP contribution < -0.4 is 10.6 Å². The topological polar surface area (TPSA) is 41.1 Å². The van der Waals surface area contributed by atoms with E-state index >= 15 is 0 Å². The molecule has 1 amide bonds. The first-order valence-electron chi connectivity index (χ1n) is 6.92. The minimum absolute atomic E-state index is 0.156. The number of carbonyl (C=O) groups is 1. The van der Waals surface area contributed by atoms with Crippen molar-refractivity contribution in [3.05, 3.63) is 0 Å². The highest BCUT2D eigenvalue weighted by molar-refractivity contribution is 5.76. The normalized spacial score (nSPS) is 20.5. The Morgan fingerprint density at radius 2 is 1.88 bits per heavy atom. The average Bonchev–Trinajstić information content (AvgIpc) is 2.19. The third kappa shape index (κ3) is 6.06. The van der Waals surface area contributed by atoms with Gasteiger partial charge in [0.15, 0.2) is 0 Å². The SMILES string of the molecule is CC(C)NC(=O)CCNC1CCC(C)(C)CC1. The summed E-state index contributed by atoms with van der Waals surface area (Å²) < 4.78 is 0. The molecule has 1 saturated carbocycles. The molecule has 0 saturated heterocycles. The van der Waals surface area contributed by atoms with Crippen LogP contribution in [0, 0.1) is 5.41 Å². The van der Waals surface area contributed by atoms with E-state index in [2.05, 4.69) is 24.5 Å². The van der Waals surface area contributed by atoms with E-state index in [0.29, 0.717) is 17.9 Å². The second-order valence-electron chi connectivity index (χ2n) is 6.36. The van der Waals surface area contributed by atoms with Crippen LogP contribution in [0.1, 0.15) is 59.8 Å². The molecule has 3 heteroatoms. The third-order valence-electron chi connectivity index (χ3n) is 3.57. The second kappa shape index (κ2) is 6.39. The first kappa shape index (κ1) is 14.5. The monoisotopic (exact) mass is 240 g/mol. The van der Waals surface area contributed by atoms with Crippen molar-refractivity contribution in [1.29, 1.82) is 0 Å². The minimum Gasteiger partial charge on any atom is -0.354 e. The van der Waals surface area contributed by atoms with E-state index in [4.69, 9.17) is 0 Å². The van der Waals surface area contributed by atoms with Gasteiger partial charge in [0.1, 0.15) is 0 Å². The predicted octanol–water partition coefficient (Wildman–Crippen LogP) is 2.46. The Balaban J connectivity index is 2.10. The van der Waals surface area contributed by atoms with Crippen LogP contribution in [0.2, 0.25) is 0 Å². The molecule has 0 aliphatic heterocycles. The molecule has 0 atom stereocenters.